The number of carbonyl (C=O) groups excluding carboxylic acids is 3. The van der Waals surface area contributed by atoms with Gasteiger partial charge in [-0.05, 0) is 51.7 Å². The van der Waals surface area contributed by atoms with Crippen LogP contribution >= 0.6 is 0 Å². The van der Waals surface area contributed by atoms with Crippen LogP contribution in [0, 0.1) is 5.92 Å². The van der Waals surface area contributed by atoms with Crippen molar-refractivity contribution in [1.82, 2.24) is 0 Å². The molecule has 0 bridgehead atoms. The minimum absolute atomic E-state index is 0.209. The topological polar surface area (TPSA) is 84.5 Å². The second-order valence-electron chi connectivity index (χ2n) is 8.57. The summed E-state index contributed by atoms with van der Waals surface area (Å²) < 4.78 is 5.32. The third kappa shape index (κ3) is 3.88. The standard InChI is InChI=1S/C23H24N2O4/c1-23(2,3)29-22(28)25-17-11-10-16(24-12-13-8-9-13)18-19(17)21(27)15-7-5-4-6-14(15)20(18)26/h4-7,10-11,13,24H,8-9,12H2,1-3H3,(H,25,28). The van der Waals surface area contributed by atoms with Crippen molar-refractivity contribution < 1.29 is 19.1 Å². The molecule has 2 N–H and O–H groups in total. The molecule has 1 fully saturated rings. The van der Waals surface area contributed by atoms with Crippen molar-refractivity contribution in [2.75, 3.05) is 17.2 Å². The van der Waals surface area contributed by atoms with E-state index in [2.05, 4.69) is 10.6 Å². The van der Waals surface area contributed by atoms with E-state index in [4.69, 9.17) is 4.74 Å². The van der Waals surface area contributed by atoms with Crippen molar-refractivity contribution >= 4 is 29.0 Å². The number of rotatable bonds is 4. The second-order valence-corrected chi connectivity index (χ2v) is 8.57. The highest BCUT2D eigenvalue weighted by atomic mass is 16.6. The SMILES string of the molecule is CC(C)(C)OC(=O)Nc1ccc(NCC2CC2)c2c1C(=O)c1ccccc1C2=O. The van der Waals surface area contributed by atoms with Gasteiger partial charge in [0, 0.05) is 23.4 Å². The van der Waals surface area contributed by atoms with Crippen LogP contribution in [0.5, 0.6) is 0 Å². The summed E-state index contributed by atoms with van der Waals surface area (Å²) in [5, 5.41) is 5.97. The van der Waals surface area contributed by atoms with E-state index in [0.29, 0.717) is 28.3 Å². The number of nitrogens with one attached hydrogen (secondary N) is 2. The minimum atomic E-state index is -0.678. The van der Waals surface area contributed by atoms with E-state index < -0.39 is 11.7 Å². The van der Waals surface area contributed by atoms with Crippen LogP contribution in [-0.4, -0.2) is 29.8 Å². The number of amides is 1. The van der Waals surface area contributed by atoms with Gasteiger partial charge in [0.15, 0.2) is 11.6 Å². The Balaban J connectivity index is 1.77. The molecule has 150 valence electrons. The van der Waals surface area contributed by atoms with Gasteiger partial charge in [0.2, 0.25) is 0 Å². The van der Waals surface area contributed by atoms with Gasteiger partial charge in [-0.25, -0.2) is 4.79 Å². The van der Waals surface area contributed by atoms with Crippen LogP contribution in [0.3, 0.4) is 0 Å². The normalized spacial score (nSPS) is 15.4. The van der Waals surface area contributed by atoms with Gasteiger partial charge >= 0.3 is 6.09 Å². The Morgan fingerprint density at radius 2 is 1.52 bits per heavy atom. The van der Waals surface area contributed by atoms with E-state index >= 15 is 0 Å². The third-order valence-corrected chi connectivity index (χ3v) is 4.99. The molecule has 0 unspecified atom stereocenters. The van der Waals surface area contributed by atoms with Crippen LogP contribution in [0.25, 0.3) is 0 Å². The van der Waals surface area contributed by atoms with Crippen LogP contribution < -0.4 is 10.6 Å². The van der Waals surface area contributed by atoms with E-state index in [9.17, 15) is 14.4 Å². The summed E-state index contributed by atoms with van der Waals surface area (Å²) >= 11 is 0. The van der Waals surface area contributed by atoms with Crippen molar-refractivity contribution in [3.05, 3.63) is 58.7 Å². The Morgan fingerprint density at radius 3 is 2.07 bits per heavy atom. The maximum absolute atomic E-state index is 13.3. The Kier molecular flexibility index (Phi) is 4.65. The van der Waals surface area contributed by atoms with Crippen LogP contribution in [0.2, 0.25) is 0 Å². The zero-order valence-electron chi connectivity index (χ0n) is 16.8. The van der Waals surface area contributed by atoms with Crippen molar-refractivity contribution in [2.45, 2.75) is 39.2 Å². The number of carbonyl (C=O) groups is 3. The van der Waals surface area contributed by atoms with E-state index in [0.717, 1.165) is 6.54 Å². The van der Waals surface area contributed by atoms with Gasteiger partial charge in [0.25, 0.3) is 0 Å². The Morgan fingerprint density at radius 1 is 0.966 bits per heavy atom. The lowest BCUT2D eigenvalue weighted by molar-refractivity contribution is 0.0635. The van der Waals surface area contributed by atoms with Crippen molar-refractivity contribution in [3.63, 3.8) is 0 Å². The minimum Gasteiger partial charge on any atom is -0.444 e. The third-order valence-electron chi connectivity index (χ3n) is 4.99. The maximum Gasteiger partial charge on any atom is 0.412 e. The number of fused-ring (bicyclic) bond motifs is 2. The zero-order chi connectivity index (χ0) is 20.8. The average Bonchev–Trinajstić information content (AvgIpc) is 3.47. The van der Waals surface area contributed by atoms with Crippen LogP contribution in [0.1, 0.15) is 65.5 Å². The van der Waals surface area contributed by atoms with Gasteiger partial charge in [-0.15, -0.1) is 0 Å². The summed E-state index contributed by atoms with van der Waals surface area (Å²) in [7, 11) is 0. The summed E-state index contributed by atoms with van der Waals surface area (Å²) in [4.78, 5) is 38.8. The fourth-order valence-corrected chi connectivity index (χ4v) is 3.46. The number of hydrogen-bond acceptors (Lipinski definition) is 5. The molecular formula is C23H24N2O4. The summed E-state index contributed by atoms with van der Waals surface area (Å²) in [6.07, 6.45) is 1.67. The van der Waals surface area contributed by atoms with Crippen LogP contribution in [-0.2, 0) is 4.74 Å². The van der Waals surface area contributed by atoms with Crippen molar-refractivity contribution in [2.24, 2.45) is 5.92 Å². The lowest BCUT2D eigenvalue weighted by atomic mass is 9.82. The van der Waals surface area contributed by atoms with E-state index in [1.165, 1.54) is 12.8 Å². The van der Waals surface area contributed by atoms with Crippen LogP contribution in [0.4, 0.5) is 16.2 Å². The fourth-order valence-electron chi connectivity index (χ4n) is 3.46. The van der Waals surface area contributed by atoms with E-state index in [-0.39, 0.29) is 22.8 Å². The van der Waals surface area contributed by atoms with Gasteiger partial charge in [0.1, 0.15) is 5.60 Å². The number of hydrogen-bond donors (Lipinski definition) is 2. The Labute approximate surface area is 169 Å². The van der Waals surface area contributed by atoms with Gasteiger partial charge in [-0.1, -0.05) is 24.3 Å². The number of anilines is 2. The predicted molar refractivity (Wildman–Crippen MR) is 111 cm³/mol. The summed E-state index contributed by atoms with van der Waals surface area (Å²) in [5.41, 5.74) is 1.46. The molecule has 2 aromatic carbocycles. The van der Waals surface area contributed by atoms with Gasteiger partial charge < -0.3 is 10.1 Å². The second kappa shape index (κ2) is 7.03. The van der Waals surface area contributed by atoms with Crippen molar-refractivity contribution in [3.8, 4) is 0 Å². The fraction of sp³-hybridized carbons (Fsp3) is 0.348. The molecule has 0 heterocycles. The molecule has 6 nitrogen and oxygen atoms in total. The number of benzene rings is 2. The monoisotopic (exact) mass is 392 g/mol. The van der Waals surface area contributed by atoms with E-state index in [1.54, 1.807) is 57.2 Å². The van der Waals surface area contributed by atoms with E-state index in [1.807, 2.05) is 0 Å². The van der Waals surface area contributed by atoms with Crippen LogP contribution in [0.15, 0.2) is 36.4 Å². The molecule has 6 heteroatoms. The molecule has 0 atom stereocenters. The lowest BCUT2D eigenvalue weighted by Gasteiger charge is -2.24. The zero-order valence-corrected chi connectivity index (χ0v) is 16.8. The summed E-state index contributed by atoms with van der Waals surface area (Å²) in [5.74, 6) is 0.101. The highest BCUT2D eigenvalue weighted by Gasteiger charge is 2.35. The molecular weight excluding hydrogens is 368 g/mol. The molecule has 2 aliphatic carbocycles. The largest absolute Gasteiger partial charge is 0.444 e. The maximum atomic E-state index is 13.3. The molecule has 0 aliphatic heterocycles. The molecule has 0 aromatic heterocycles. The molecule has 1 amide bonds. The molecule has 29 heavy (non-hydrogen) atoms. The number of ketones is 2. The predicted octanol–water partition coefficient (Wildman–Crippen LogP) is 4.63. The smallest absolute Gasteiger partial charge is 0.412 e. The molecule has 4 rings (SSSR count). The molecule has 1 saturated carbocycles. The average molecular weight is 392 g/mol. The molecule has 2 aromatic rings. The first-order valence-corrected chi connectivity index (χ1v) is 9.84. The summed E-state index contributed by atoms with van der Waals surface area (Å²) in [6, 6.07) is 10.2. The first-order chi connectivity index (χ1) is 13.7. The highest BCUT2D eigenvalue weighted by molar-refractivity contribution is 6.32. The van der Waals surface area contributed by atoms with Gasteiger partial charge in [0.05, 0.1) is 16.8 Å². The van der Waals surface area contributed by atoms with Crippen molar-refractivity contribution in [1.29, 1.82) is 0 Å². The highest BCUT2D eigenvalue weighted by Crippen LogP contribution is 2.37. The van der Waals surface area contributed by atoms with Gasteiger partial charge in [-0.2, -0.15) is 0 Å². The van der Waals surface area contributed by atoms with Gasteiger partial charge in [-0.3, -0.25) is 14.9 Å². The molecule has 0 spiro atoms. The summed E-state index contributed by atoms with van der Waals surface area (Å²) in [6.45, 7) is 6.04. The first-order valence-electron chi connectivity index (χ1n) is 9.84. The Hall–Kier alpha value is -3.15. The molecule has 0 saturated heterocycles. The molecule has 2 aliphatic rings. The molecule has 0 radical (unpaired) electrons. The quantitative estimate of drug-likeness (QED) is 0.676. The Bertz CT molecular complexity index is 1020. The first kappa shape index (κ1) is 19.2. The number of ether oxygens (including phenoxy) is 1. The lowest BCUT2D eigenvalue weighted by Crippen LogP contribution is -2.29.